The van der Waals surface area contributed by atoms with Gasteiger partial charge in [-0.15, -0.1) is 0 Å². The zero-order valence-electron chi connectivity index (χ0n) is 23.7. The van der Waals surface area contributed by atoms with Gasteiger partial charge in [-0.3, -0.25) is 14.3 Å². The molecule has 2 aromatic heterocycles. The Kier molecular flexibility index (Phi) is 13.8. The van der Waals surface area contributed by atoms with Gasteiger partial charge in [-0.1, -0.05) is 132 Å². The number of nitrogens with one attached hydrogen (secondary N) is 1. The molecule has 3 rings (SSSR count). The number of nitrogens with zero attached hydrogens (tertiary/aromatic N) is 3. The molecule has 0 aliphatic heterocycles. The number of fused-ring (bicyclic) bond motifs is 1. The first-order valence-electron chi connectivity index (χ1n) is 15.0. The number of aryl methyl sites for hydroxylation is 3. The van der Waals surface area contributed by atoms with Crippen LogP contribution in [0.4, 0.5) is 0 Å². The quantitative estimate of drug-likeness (QED) is 0.118. The number of rotatable bonds is 20. The molecule has 0 amide bonds. The lowest BCUT2D eigenvalue weighted by atomic mass is 10.0. The minimum Gasteiger partial charge on any atom is -0.313 e. The van der Waals surface area contributed by atoms with Crippen LogP contribution in [0, 0.1) is 0 Å². The number of hydrogen-bond donors (Lipinski definition) is 1. The summed E-state index contributed by atoms with van der Waals surface area (Å²) in [6.07, 6.45) is 20.5. The van der Waals surface area contributed by atoms with Crippen LogP contribution >= 0.6 is 11.8 Å². The minimum atomic E-state index is -0.413. The predicted molar refractivity (Wildman–Crippen MR) is 161 cm³/mol. The molecule has 0 saturated heterocycles. The van der Waals surface area contributed by atoms with Crippen molar-refractivity contribution in [2.24, 2.45) is 7.05 Å². The normalized spacial score (nSPS) is 11.5. The lowest BCUT2D eigenvalue weighted by Crippen LogP contribution is -2.29. The van der Waals surface area contributed by atoms with Crippen molar-refractivity contribution < 1.29 is 0 Å². The zero-order valence-corrected chi connectivity index (χ0v) is 24.5. The molecule has 38 heavy (non-hydrogen) atoms. The Morgan fingerprint density at radius 3 is 1.97 bits per heavy atom. The summed E-state index contributed by atoms with van der Waals surface area (Å²) in [5, 5.41) is 0.842. The first-order valence-corrected chi connectivity index (χ1v) is 16.0. The second-order valence-corrected chi connectivity index (χ2v) is 11.6. The predicted octanol–water partition coefficient (Wildman–Crippen LogP) is 7.63. The smallest absolute Gasteiger partial charge is 0.313 e. The lowest BCUT2D eigenvalue weighted by molar-refractivity contribution is 0.519. The Morgan fingerprint density at radius 1 is 0.789 bits per heavy atom. The molecular formula is C31H48N4O2S. The molecule has 210 valence electrons. The maximum Gasteiger partial charge on any atom is 0.329 e. The molecule has 0 aliphatic carbocycles. The molecule has 0 radical (unpaired) electrons. The molecule has 0 bridgehead atoms. The van der Waals surface area contributed by atoms with Crippen LogP contribution in [0.1, 0.15) is 109 Å². The van der Waals surface area contributed by atoms with E-state index >= 15 is 0 Å². The number of imidazole rings is 1. The van der Waals surface area contributed by atoms with E-state index in [0.717, 1.165) is 43.1 Å². The molecule has 7 heteroatoms. The minimum absolute atomic E-state index is 0.336. The summed E-state index contributed by atoms with van der Waals surface area (Å²) >= 11 is 1.69. The highest BCUT2D eigenvalue weighted by atomic mass is 32.2. The van der Waals surface area contributed by atoms with Gasteiger partial charge in [-0.2, -0.15) is 0 Å². The second-order valence-electron chi connectivity index (χ2n) is 10.6. The monoisotopic (exact) mass is 540 g/mol. The van der Waals surface area contributed by atoms with Gasteiger partial charge in [-0.05, 0) is 24.8 Å². The van der Waals surface area contributed by atoms with Crippen molar-refractivity contribution in [3.63, 3.8) is 0 Å². The average molecular weight is 541 g/mol. The van der Waals surface area contributed by atoms with Crippen molar-refractivity contribution in [3.05, 3.63) is 56.7 Å². The van der Waals surface area contributed by atoms with Crippen LogP contribution in [0.25, 0.3) is 11.2 Å². The van der Waals surface area contributed by atoms with E-state index in [1.165, 1.54) is 87.2 Å². The average Bonchev–Trinajstić information content (AvgIpc) is 3.29. The molecule has 0 unspecified atom stereocenters. The maximum absolute atomic E-state index is 12.7. The maximum atomic E-state index is 12.7. The third-order valence-electron chi connectivity index (χ3n) is 7.39. The van der Waals surface area contributed by atoms with Gasteiger partial charge in [0.15, 0.2) is 16.3 Å². The number of benzene rings is 1. The summed E-state index contributed by atoms with van der Waals surface area (Å²) < 4.78 is 3.49. The van der Waals surface area contributed by atoms with Gasteiger partial charge >= 0.3 is 5.69 Å². The summed E-state index contributed by atoms with van der Waals surface area (Å²) in [6.45, 7) is 3.04. The largest absolute Gasteiger partial charge is 0.329 e. The van der Waals surface area contributed by atoms with E-state index in [9.17, 15) is 9.59 Å². The molecule has 0 fully saturated rings. The number of aromatic nitrogens is 4. The molecule has 6 nitrogen and oxygen atoms in total. The highest BCUT2D eigenvalue weighted by Crippen LogP contribution is 2.24. The lowest BCUT2D eigenvalue weighted by Gasteiger charge is -2.09. The van der Waals surface area contributed by atoms with E-state index in [1.807, 2.05) is 10.6 Å². The van der Waals surface area contributed by atoms with E-state index in [2.05, 4.69) is 36.2 Å². The van der Waals surface area contributed by atoms with E-state index in [4.69, 9.17) is 4.98 Å². The summed E-state index contributed by atoms with van der Waals surface area (Å²) in [7, 11) is 1.67. The molecule has 2 heterocycles. The molecule has 0 spiro atoms. The van der Waals surface area contributed by atoms with Gasteiger partial charge in [0.25, 0.3) is 5.56 Å². The Bertz CT molecular complexity index is 1180. The molecule has 0 saturated carbocycles. The van der Waals surface area contributed by atoms with Crippen LogP contribution < -0.4 is 11.2 Å². The van der Waals surface area contributed by atoms with Gasteiger partial charge in [0.05, 0.1) is 0 Å². The number of thioether (sulfide) groups is 1. The van der Waals surface area contributed by atoms with Crippen LogP contribution in [0.2, 0.25) is 0 Å². The van der Waals surface area contributed by atoms with Gasteiger partial charge in [0.2, 0.25) is 0 Å². The highest BCUT2D eigenvalue weighted by Gasteiger charge is 2.17. The second kappa shape index (κ2) is 17.3. The molecule has 1 N–H and O–H groups in total. The van der Waals surface area contributed by atoms with Crippen LogP contribution in [-0.2, 0) is 20.0 Å². The first-order chi connectivity index (χ1) is 18.6. The van der Waals surface area contributed by atoms with Gasteiger partial charge in [0, 0.05) is 19.3 Å². The summed E-state index contributed by atoms with van der Waals surface area (Å²) in [5.41, 5.74) is 1.59. The van der Waals surface area contributed by atoms with E-state index < -0.39 is 5.69 Å². The van der Waals surface area contributed by atoms with E-state index in [0.29, 0.717) is 11.2 Å². The summed E-state index contributed by atoms with van der Waals surface area (Å²) in [5.74, 6) is 0.919. The van der Waals surface area contributed by atoms with Crippen LogP contribution in [-0.4, -0.2) is 24.9 Å². The Hall–Kier alpha value is -2.28. The van der Waals surface area contributed by atoms with Crippen molar-refractivity contribution in [2.45, 2.75) is 121 Å². The fourth-order valence-corrected chi connectivity index (χ4v) is 6.04. The number of hydrogen-bond acceptors (Lipinski definition) is 4. The van der Waals surface area contributed by atoms with Crippen LogP contribution in [0.3, 0.4) is 0 Å². The van der Waals surface area contributed by atoms with Gasteiger partial charge in [0.1, 0.15) is 0 Å². The molecule has 0 aliphatic rings. The number of aromatic amines is 1. The van der Waals surface area contributed by atoms with Crippen LogP contribution in [0.5, 0.6) is 0 Å². The van der Waals surface area contributed by atoms with Crippen molar-refractivity contribution in [1.82, 2.24) is 19.1 Å². The van der Waals surface area contributed by atoms with Crippen molar-refractivity contribution in [1.29, 1.82) is 0 Å². The third-order valence-corrected chi connectivity index (χ3v) is 8.45. The topological polar surface area (TPSA) is 72.7 Å². The van der Waals surface area contributed by atoms with Gasteiger partial charge in [-0.25, -0.2) is 9.78 Å². The SMILES string of the molecule is CCCCCCCCCCCCCCCCn1c(SCCCc2ccccc2)nc2c1c(=O)[nH]c(=O)n2C. The summed E-state index contributed by atoms with van der Waals surface area (Å²) in [4.78, 5) is 32.0. The molecule has 1 aromatic carbocycles. The number of H-pyrrole nitrogens is 1. The fourth-order valence-electron chi connectivity index (χ4n) is 5.08. The fraction of sp³-hybridized carbons (Fsp3) is 0.645. The molecule has 3 aromatic rings. The zero-order chi connectivity index (χ0) is 27.0. The van der Waals surface area contributed by atoms with Crippen molar-refractivity contribution >= 4 is 22.9 Å². The standard InChI is InChI=1S/C31H48N4O2S/c1-3-4-5-6-7-8-9-10-11-12-13-14-15-19-24-35-27-28(34(2)30(37)33-29(27)36)32-31(35)38-25-20-23-26-21-17-16-18-22-26/h16-18,21-22H,3-15,19-20,23-25H2,1-2H3,(H,33,36,37). The molecule has 0 atom stereocenters. The van der Waals surface area contributed by atoms with E-state index in [1.54, 1.807) is 18.8 Å². The Balaban J connectivity index is 1.42. The summed E-state index contributed by atoms with van der Waals surface area (Å²) in [6, 6.07) is 10.5. The Morgan fingerprint density at radius 2 is 1.37 bits per heavy atom. The highest BCUT2D eigenvalue weighted by molar-refractivity contribution is 7.99. The van der Waals surface area contributed by atoms with Crippen LogP contribution in [0.15, 0.2) is 45.1 Å². The number of unbranched alkanes of at least 4 members (excludes halogenated alkanes) is 13. The third kappa shape index (κ3) is 9.79. The molecular weight excluding hydrogens is 492 g/mol. The van der Waals surface area contributed by atoms with Gasteiger partial charge < -0.3 is 4.57 Å². The first kappa shape index (κ1) is 30.3. The van der Waals surface area contributed by atoms with Crippen molar-refractivity contribution in [3.8, 4) is 0 Å². The van der Waals surface area contributed by atoms with E-state index in [-0.39, 0.29) is 5.56 Å². The van der Waals surface area contributed by atoms with Crippen molar-refractivity contribution in [2.75, 3.05) is 5.75 Å². The Labute approximate surface area is 232 Å².